The van der Waals surface area contributed by atoms with Crippen molar-refractivity contribution < 1.29 is 22.4 Å². The number of hydrogen-bond acceptors (Lipinski definition) is 5. The van der Waals surface area contributed by atoms with Crippen molar-refractivity contribution >= 4 is 23.1 Å². The maximum Gasteiger partial charge on any atom is 0.433 e. The van der Waals surface area contributed by atoms with E-state index in [9.17, 15) is 22.4 Å². The zero-order chi connectivity index (χ0) is 24.5. The molecular formula is C24H24F4N4OS. The molecule has 1 fully saturated rings. The van der Waals surface area contributed by atoms with Gasteiger partial charge in [0.05, 0.1) is 15.9 Å². The third kappa shape index (κ3) is 5.22. The summed E-state index contributed by atoms with van der Waals surface area (Å²) in [6.07, 6.45) is -2.82. The van der Waals surface area contributed by atoms with Crippen LogP contribution in [-0.2, 0) is 6.18 Å². The van der Waals surface area contributed by atoms with Gasteiger partial charge in [0, 0.05) is 13.1 Å². The van der Waals surface area contributed by atoms with Crippen LogP contribution in [0.1, 0.15) is 41.0 Å². The van der Waals surface area contributed by atoms with E-state index in [1.165, 1.54) is 35.6 Å². The Morgan fingerprint density at radius 2 is 1.91 bits per heavy atom. The lowest BCUT2D eigenvalue weighted by atomic mass is 9.90. The van der Waals surface area contributed by atoms with Gasteiger partial charge in [-0.05, 0) is 55.5 Å². The highest BCUT2D eigenvalue weighted by Gasteiger charge is 2.35. The number of likely N-dealkylation sites (tertiary alicyclic amines) is 1. The third-order valence-corrected chi connectivity index (χ3v) is 6.97. The number of hydrogen-bond donors (Lipinski definition) is 1. The average Bonchev–Trinajstić information content (AvgIpc) is 3.19. The molecule has 4 rings (SSSR count). The number of piperidine rings is 1. The number of aryl methyl sites for hydroxylation is 1. The molecule has 180 valence electrons. The molecule has 3 heterocycles. The molecule has 0 radical (unpaired) electrons. The van der Waals surface area contributed by atoms with E-state index in [1.54, 1.807) is 17.0 Å². The highest BCUT2D eigenvalue weighted by Crippen LogP contribution is 2.34. The highest BCUT2D eigenvalue weighted by molar-refractivity contribution is 7.15. The Labute approximate surface area is 198 Å². The summed E-state index contributed by atoms with van der Waals surface area (Å²) in [5, 5.41) is 3.70. The Hall–Kier alpha value is -3.01. The number of amides is 1. The molecule has 5 nitrogen and oxygen atoms in total. The van der Waals surface area contributed by atoms with Crippen molar-refractivity contribution in [3.63, 3.8) is 0 Å². The maximum atomic E-state index is 13.6. The van der Waals surface area contributed by atoms with Gasteiger partial charge in [-0.3, -0.25) is 4.79 Å². The van der Waals surface area contributed by atoms with E-state index < -0.39 is 11.9 Å². The summed E-state index contributed by atoms with van der Waals surface area (Å²) in [4.78, 5) is 24.2. The summed E-state index contributed by atoms with van der Waals surface area (Å²) < 4.78 is 52.4. The zero-order valence-electron chi connectivity index (χ0n) is 18.7. The minimum atomic E-state index is -4.53. The molecule has 0 saturated carbocycles. The number of nitrogens with one attached hydrogen (secondary N) is 1. The predicted molar refractivity (Wildman–Crippen MR) is 123 cm³/mol. The van der Waals surface area contributed by atoms with Crippen molar-refractivity contribution in [3.8, 4) is 10.4 Å². The summed E-state index contributed by atoms with van der Waals surface area (Å²) in [6.45, 7) is 4.62. The van der Waals surface area contributed by atoms with E-state index in [1.807, 2.05) is 13.8 Å². The Kier molecular flexibility index (Phi) is 6.88. The first-order valence-electron chi connectivity index (χ1n) is 11.0. The summed E-state index contributed by atoms with van der Waals surface area (Å²) in [6, 6.07) is 9.38. The van der Waals surface area contributed by atoms with Gasteiger partial charge in [-0.15, -0.1) is 11.3 Å². The van der Waals surface area contributed by atoms with Crippen LogP contribution in [0.25, 0.3) is 10.4 Å². The van der Waals surface area contributed by atoms with Gasteiger partial charge in [0.15, 0.2) is 0 Å². The number of rotatable bonds is 5. The Morgan fingerprint density at radius 1 is 1.18 bits per heavy atom. The second-order valence-corrected chi connectivity index (χ2v) is 9.59. The molecule has 1 unspecified atom stereocenters. The summed E-state index contributed by atoms with van der Waals surface area (Å²) in [7, 11) is 0. The van der Waals surface area contributed by atoms with Crippen LogP contribution in [0.4, 0.5) is 23.4 Å². The quantitative estimate of drug-likeness (QED) is 0.442. The van der Waals surface area contributed by atoms with Gasteiger partial charge in [-0.2, -0.15) is 13.2 Å². The van der Waals surface area contributed by atoms with Gasteiger partial charge in [0.2, 0.25) is 0 Å². The minimum absolute atomic E-state index is 0.108. The van der Waals surface area contributed by atoms with Crippen LogP contribution >= 0.6 is 11.3 Å². The van der Waals surface area contributed by atoms with E-state index in [2.05, 4.69) is 15.3 Å². The standard InChI is InChI=1S/C24H24F4N4OS/c1-14-5-4-12-32(18(14)13-29-20-7-3-6-19(31-20)24(26,27)28)23(33)21-22(34-15(2)30-21)16-8-10-17(25)11-9-16/h3,6-11,14,18H,4-5,12-13H2,1-2H3,(H,29,31)/t14-,18?/m1/s1. The SMILES string of the molecule is Cc1nc(C(=O)N2CCC[C@@H](C)C2CNc2cccc(C(F)(F)F)n2)c(-c2ccc(F)cc2)s1. The smallest absolute Gasteiger partial charge is 0.368 e. The van der Waals surface area contributed by atoms with Crippen LogP contribution in [0.2, 0.25) is 0 Å². The fourth-order valence-corrected chi connectivity index (χ4v) is 5.13. The van der Waals surface area contributed by atoms with E-state index in [0.29, 0.717) is 22.7 Å². The topological polar surface area (TPSA) is 58.1 Å². The first-order chi connectivity index (χ1) is 16.1. The number of nitrogens with zero attached hydrogens (tertiary/aromatic N) is 3. The zero-order valence-corrected chi connectivity index (χ0v) is 19.5. The van der Waals surface area contributed by atoms with Crippen LogP contribution in [0.3, 0.4) is 0 Å². The van der Waals surface area contributed by atoms with Crippen molar-refractivity contribution in [2.75, 3.05) is 18.4 Å². The molecule has 10 heteroatoms. The number of benzene rings is 1. The fraction of sp³-hybridized carbons (Fsp3) is 0.375. The van der Waals surface area contributed by atoms with Crippen molar-refractivity contribution in [1.29, 1.82) is 0 Å². The molecule has 1 saturated heterocycles. The average molecular weight is 493 g/mol. The van der Waals surface area contributed by atoms with Gasteiger partial charge >= 0.3 is 6.18 Å². The van der Waals surface area contributed by atoms with Gasteiger partial charge in [0.1, 0.15) is 23.0 Å². The van der Waals surface area contributed by atoms with Crippen LogP contribution in [0, 0.1) is 18.7 Å². The summed E-state index contributed by atoms with van der Waals surface area (Å²) in [5.74, 6) is -0.363. The first kappa shape index (κ1) is 24.1. The number of aromatic nitrogens is 2. The van der Waals surface area contributed by atoms with Crippen molar-refractivity contribution in [2.45, 2.75) is 38.9 Å². The number of halogens is 4. The number of carbonyl (C=O) groups excluding carboxylic acids is 1. The van der Waals surface area contributed by atoms with Gasteiger partial charge < -0.3 is 10.2 Å². The number of carbonyl (C=O) groups is 1. The summed E-state index contributed by atoms with van der Waals surface area (Å²) >= 11 is 1.37. The molecule has 1 aromatic carbocycles. The van der Waals surface area contributed by atoms with Gasteiger partial charge in [-0.1, -0.05) is 25.1 Å². The molecule has 1 amide bonds. The van der Waals surface area contributed by atoms with E-state index in [0.717, 1.165) is 23.9 Å². The van der Waals surface area contributed by atoms with E-state index >= 15 is 0 Å². The fourth-order valence-electron chi connectivity index (χ4n) is 4.22. The van der Waals surface area contributed by atoms with Crippen molar-refractivity contribution in [3.05, 3.63) is 64.7 Å². The maximum absolute atomic E-state index is 13.6. The minimum Gasteiger partial charge on any atom is -0.368 e. The van der Waals surface area contributed by atoms with Crippen LogP contribution in [0.15, 0.2) is 42.5 Å². The lowest BCUT2D eigenvalue weighted by Gasteiger charge is -2.40. The van der Waals surface area contributed by atoms with Gasteiger partial charge in [-0.25, -0.2) is 14.4 Å². The molecule has 0 bridgehead atoms. The monoisotopic (exact) mass is 492 g/mol. The molecule has 0 aliphatic carbocycles. The Bertz CT molecular complexity index is 1160. The second kappa shape index (κ2) is 9.69. The molecule has 2 atom stereocenters. The third-order valence-electron chi connectivity index (χ3n) is 5.95. The highest BCUT2D eigenvalue weighted by atomic mass is 32.1. The first-order valence-corrected chi connectivity index (χ1v) is 11.8. The second-order valence-electron chi connectivity index (χ2n) is 8.39. The normalized spacial score (nSPS) is 18.7. The summed E-state index contributed by atoms with van der Waals surface area (Å²) in [5.41, 5.74) is 0.0534. The van der Waals surface area contributed by atoms with Crippen molar-refractivity contribution in [2.24, 2.45) is 5.92 Å². The molecule has 2 aromatic heterocycles. The molecule has 34 heavy (non-hydrogen) atoms. The van der Waals surface area contributed by atoms with Crippen molar-refractivity contribution in [1.82, 2.24) is 14.9 Å². The van der Waals surface area contributed by atoms with Crippen LogP contribution < -0.4 is 5.32 Å². The lowest BCUT2D eigenvalue weighted by molar-refractivity contribution is -0.141. The number of anilines is 1. The Morgan fingerprint density at radius 3 is 2.62 bits per heavy atom. The molecule has 1 N–H and O–H groups in total. The molecule has 3 aromatic rings. The van der Waals surface area contributed by atoms with Crippen LogP contribution in [-0.4, -0.2) is 39.9 Å². The van der Waals surface area contributed by atoms with E-state index in [4.69, 9.17) is 0 Å². The van der Waals surface area contributed by atoms with E-state index in [-0.39, 0.29) is 36.0 Å². The molecule has 1 aliphatic rings. The number of thiazole rings is 1. The Balaban J connectivity index is 1.57. The predicted octanol–water partition coefficient (Wildman–Crippen LogP) is 6.02. The lowest BCUT2D eigenvalue weighted by Crippen LogP contribution is -2.51. The largest absolute Gasteiger partial charge is 0.433 e. The van der Waals surface area contributed by atoms with Gasteiger partial charge in [0.25, 0.3) is 5.91 Å². The van der Waals surface area contributed by atoms with Crippen LogP contribution in [0.5, 0.6) is 0 Å². The number of pyridine rings is 1. The number of alkyl halides is 3. The molecule has 0 spiro atoms. The molecule has 1 aliphatic heterocycles. The molecular weight excluding hydrogens is 468 g/mol.